The zero-order valence-corrected chi connectivity index (χ0v) is 20.1. The number of benzene rings is 1. The van der Waals surface area contributed by atoms with Crippen molar-refractivity contribution in [2.75, 3.05) is 7.11 Å². The lowest BCUT2D eigenvalue weighted by Gasteiger charge is -2.35. The van der Waals surface area contributed by atoms with Crippen LogP contribution in [0.2, 0.25) is 0 Å². The fourth-order valence-electron chi connectivity index (χ4n) is 4.67. The number of aliphatic hydroxyl groups is 2. The van der Waals surface area contributed by atoms with Gasteiger partial charge in [0, 0.05) is 23.5 Å². The summed E-state index contributed by atoms with van der Waals surface area (Å²) < 4.78 is 10.0. The molecule has 1 aliphatic carbocycles. The molecule has 0 saturated heterocycles. The summed E-state index contributed by atoms with van der Waals surface area (Å²) in [6.45, 7) is 10.0. The smallest absolute Gasteiger partial charge is 0.200 e. The Bertz CT molecular complexity index is 1290. The lowest BCUT2D eigenvalue weighted by atomic mass is 9.76. The van der Waals surface area contributed by atoms with Crippen LogP contribution in [0.25, 0.3) is 22.2 Å². The molecule has 2 heterocycles. The van der Waals surface area contributed by atoms with Gasteiger partial charge in [-0.3, -0.25) is 9.67 Å². The lowest BCUT2D eigenvalue weighted by Crippen LogP contribution is -2.37. The number of hydrogen-bond acceptors (Lipinski definition) is 5. The molecule has 2 unspecified atom stereocenters. The molecule has 4 rings (SSSR count). The highest BCUT2D eigenvalue weighted by Crippen LogP contribution is 2.40. The highest BCUT2D eigenvalue weighted by Gasteiger charge is 2.37. The van der Waals surface area contributed by atoms with Gasteiger partial charge in [0.2, 0.25) is 0 Å². The molecule has 0 aliphatic heterocycles. The van der Waals surface area contributed by atoms with Gasteiger partial charge in [-0.1, -0.05) is 19.9 Å². The molecular formula is C24H30N4O3S. The SMILES string of the molecule is COc1ccc(-n2c(C3=CC(C(C)C)C(C)(O)C=C3O)n[nH]c2=S)c2ccn(C(C)C)c12. The van der Waals surface area contributed by atoms with Crippen LogP contribution in [-0.2, 0) is 0 Å². The number of aliphatic hydroxyl groups excluding tert-OH is 1. The molecule has 32 heavy (non-hydrogen) atoms. The van der Waals surface area contributed by atoms with Crippen molar-refractivity contribution >= 4 is 28.7 Å². The molecule has 7 nitrogen and oxygen atoms in total. The second-order valence-electron chi connectivity index (χ2n) is 9.16. The van der Waals surface area contributed by atoms with Gasteiger partial charge in [0.25, 0.3) is 0 Å². The van der Waals surface area contributed by atoms with Crippen molar-refractivity contribution in [1.29, 1.82) is 0 Å². The van der Waals surface area contributed by atoms with E-state index in [1.807, 2.05) is 48.9 Å². The Hall–Kier alpha value is -2.84. The molecule has 2 atom stereocenters. The van der Waals surface area contributed by atoms with Crippen LogP contribution in [0.4, 0.5) is 0 Å². The highest BCUT2D eigenvalue weighted by atomic mass is 32.1. The van der Waals surface area contributed by atoms with Crippen LogP contribution in [0.15, 0.2) is 42.3 Å². The molecule has 8 heteroatoms. The van der Waals surface area contributed by atoms with Crippen LogP contribution in [0, 0.1) is 16.6 Å². The molecule has 0 fully saturated rings. The summed E-state index contributed by atoms with van der Waals surface area (Å²) in [7, 11) is 1.66. The second kappa shape index (κ2) is 7.94. The topological polar surface area (TPSA) is 88.2 Å². The number of fused-ring (bicyclic) bond motifs is 1. The third-order valence-electron chi connectivity index (χ3n) is 6.19. The molecule has 0 radical (unpaired) electrons. The summed E-state index contributed by atoms with van der Waals surface area (Å²) in [5.74, 6) is 1.22. The maximum atomic E-state index is 10.8. The number of methoxy groups -OCH3 is 1. The summed E-state index contributed by atoms with van der Waals surface area (Å²) in [4.78, 5) is 0. The van der Waals surface area contributed by atoms with Crippen LogP contribution < -0.4 is 4.74 Å². The predicted octanol–water partition coefficient (Wildman–Crippen LogP) is 5.34. The maximum Gasteiger partial charge on any atom is 0.200 e. The van der Waals surface area contributed by atoms with Crippen LogP contribution in [-0.4, -0.2) is 42.3 Å². The van der Waals surface area contributed by atoms with E-state index in [-0.39, 0.29) is 23.6 Å². The number of hydrogen-bond donors (Lipinski definition) is 3. The van der Waals surface area contributed by atoms with Gasteiger partial charge in [-0.25, -0.2) is 0 Å². The van der Waals surface area contributed by atoms with E-state index in [2.05, 4.69) is 28.6 Å². The fourth-order valence-corrected chi connectivity index (χ4v) is 4.90. The summed E-state index contributed by atoms with van der Waals surface area (Å²) in [5, 5.41) is 29.9. The Morgan fingerprint density at radius 3 is 2.56 bits per heavy atom. The number of aromatic amines is 1. The first kappa shape index (κ1) is 22.4. The summed E-state index contributed by atoms with van der Waals surface area (Å²) in [6, 6.07) is 6.15. The molecule has 1 aliphatic rings. The minimum Gasteiger partial charge on any atom is -0.507 e. The van der Waals surface area contributed by atoms with Crippen molar-refractivity contribution in [3.8, 4) is 11.4 Å². The number of allylic oxidation sites excluding steroid dienone is 1. The maximum absolute atomic E-state index is 10.8. The number of H-pyrrole nitrogens is 1. The van der Waals surface area contributed by atoms with Gasteiger partial charge >= 0.3 is 0 Å². The molecule has 170 valence electrons. The van der Waals surface area contributed by atoms with Crippen molar-refractivity contribution in [3.05, 3.63) is 52.9 Å². The Labute approximate surface area is 192 Å². The first-order valence-corrected chi connectivity index (χ1v) is 11.2. The van der Waals surface area contributed by atoms with Crippen molar-refractivity contribution < 1.29 is 14.9 Å². The Kier molecular flexibility index (Phi) is 5.55. The van der Waals surface area contributed by atoms with Crippen molar-refractivity contribution in [2.45, 2.75) is 46.3 Å². The molecule has 3 N–H and O–H groups in total. The number of rotatable bonds is 5. The van der Waals surface area contributed by atoms with Gasteiger partial charge in [0.15, 0.2) is 10.6 Å². The number of ether oxygens (including phenoxy) is 1. The summed E-state index contributed by atoms with van der Waals surface area (Å²) in [5.41, 5.74) is 1.19. The van der Waals surface area contributed by atoms with Crippen LogP contribution in [0.5, 0.6) is 5.75 Å². The van der Waals surface area contributed by atoms with Crippen LogP contribution >= 0.6 is 12.2 Å². The van der Waals surface area contributed by atoms with E-state index in [1.165, 1.54) is 6.08 Å². The predicted molar refractivity (Wildman–Crippen MR) is 129 cm³/mol. The molecular weight excluding hydrogens is 424 g/mol. The van der Waals surface area contributed by atoms with Gasteiger partial charge in [-0.05, 0) is 63.2 Å². The minimum absolute atomic E-state index is 0.0216. The van der Waals surface area contributed by atoms with Crippen molar-refractivity contribution in [2.24, 2.45) is 11.8 Å². The Balaban J connectivity index is 1.97. The third kappa shape index (κ3) is 3.47. The van der Waals surface area contributed by atoms with Crippen LogP contribution in [0.3, 0.4) is 0 Å². The van der Waals surface area contributed by atoms with Gasteiger partial charge in [0.1, 0.15) is 11.5 Å². The van der Waals surface area contributed by atoms with E-state index in [9.17, 15) is 10.2 Å². The first-order chi connectivity index (χ1) is 15.1. The quantitative estimate of drug-likeness (QED) is 0.453. The zero-order chi connectivity index (χ0) is 23.4. The first-order valence-electron chi connectivity index (χ1n) is 10.8. The normalized spacial score (nSPS) is 21.3. The van der Waals surface area contributed by atoms with Crippen LogP contribution in [0.1, 0.15) is 46.5 Å². The average molecular weight is 455 g/mol. The molecule has 3 aromatic rings. The van der Waals surface area contributed by atoms with Gasteiger partial charge in [0.05, 0.1) is 29.5 Å². The van der Waals surface area contributed by atoms with Crippen molar-refractivity contribution in [1.82, 2.24) is 19.3 Å². The van der Waals surface area contributed by atoms with Gasteiger partial charge in [-0.15, -0.1) is 0 Å². The van der Waals surface area contributed by atoms with E-state index >= 15 is 0 Å². The van der Waals surface area contributed by atoms with E-state index in [0.717, 1.165) is 22.3 Å². The zero-order valence-electron chi connectivity index (χ0n) is 19.2. The Morgan fingerprint density at radius 1 is 1.22 bits per heavy atom. The largest absolute Gasteiger partial charge is 0.507 e. The molecule has 0 amide bonds. The van der Waals surface area contributed by atoms with E-state index in [4.69, 9.17) is 17.0 Å². The average Bonchev–Trinajstić information content (AvgIpc) is 3.31. The van der Waals surface area contributed by atoms with Gasteiger partial charge < -0.3 is 19.5 Å². The summed E-state index contributed by atoms with van der Waals surface area (Å²) >= 11 is 5.60. The minimum atomic E-state index is -1.15. The molecule has 1 aromatic carbocycles. The lowest BCUT2D eigenvalue weighted by molar-refractivity contribution is 0.0426. The van der Waals surface area contributed by atoms with E-state index in [0.29, 0.717) is 16.2 Å². The monoisotopic (exact) mass is 454 g/mol. The second-order valence-corrected chi connectivity index (χ2v) is 9.55. The molecule has 0 saturated carbocycles. The van der Waals surface area contributed by atoms with E-state index in [1.54, 1.807) is 14.0 Å². The molecule has 2 aromatic heterocycles. The van der Waals surface area contributed by atoms with Gasteiger partial charge in [-0.2, -0.15) is 5.10 Å². The number of aromatic nitrogens is 4. The highest BCUT2D eigenvalue weighted by molar-refractivity contribution is 7.71. The molecule has 0 spiro atoms. The summed E-state index contributed by atoms with van der Waals surface area (Å²) in [6.07, 6.45) is 5.42. The number of nitrogens with one attached hydrogen (secondary N) is 1. The van der Waals surface area contributed by atoms with Crippen molar-refractivity contribution in [3.63, 3.8) is 0 Å². The number of nitrogens with zero attached hydrogens (tertiary/aromatic N) is 3. The molecule has 0 bridgehead atoms. The third-order valence-corrected chi connectivity index (χ3v) is 6.47. The van der Waals surface area contributed by atoms with E-state index < -0.39 is 5.60 Å². The Morgan fingerprint density at radius 2 is 1.94 bits per heavy atom. The fraction of sp³-hybridized carbons (Fsp3) is 0.417. The standard InChI is InChI=1S/C24H30N4O3S/c1-13(2)17-11-16(19(29)12-24(17,5)30)22-25-26-23(32)28(22)18-7-8-20(31-6)21-15(18)9-10-27(21)14(3)4/h7-14,17,29-30H,1-6H3,(H,26,32).